The molecule has 0 bridgehead atoms. The second-order valence-corrected chi connectivity index (χ2v) is 12.5. The zero-order valence-corrected chi connectivity index (χ0v) is 27.8. The van der Waals surface area contributed by atoms with Crippen molar-refractivity contribution in [3.05, 3.63) is 113 Å². The van der Waals surface area contributed by atoms with Crippen molar-refractivity contribution >= 4 is 24.8 Å². The van der Waals surface area contributed by atoms with Gasteiger partial charge in [-0.15, -0.1) is 39.7 Å². The molecule has 0 nitrogen and oxygen atoms in total. The van der Waals surface area contributed by atoms with Gasteiger partial charge in [0.15, 0.2) is 0 Å². The molecule has 1 aliphatic carbocycles. The van der Waals surface area contributed by atoms with E-state index in [2.05, 4.69) is 139 Å². The molecule has 0 radical (unpaired) electrons. The van der Waals surface area contributed by atoms with E-state index in [1.54, 1.807) is 0 Å². The fraction of sp³-hybridized carbons (Fsp3) is 0.314. The van der Waals surface area contributed by atoms with Gasteiger partial charge in [-0.3, -0.25) is 6.08 Å². The molecule has 4 aromatic rings. The smallest absolute Gasteiger partial charge is 0.0771 e. The monoisotopic (exact) mass is 620 g/mol. The van der Waals surface area contributed by atoms with Crippen LogP contribution in [0.1, 0.15) is 65.5 Å². The zero-order chi connectivity index (χ0) is 26.3. The standard InChI is InChI=1S/C13H9.C13H21.C9H10.2ClH.Zr/c1-3-7-12-10(5-1)9-11-6-2-4-8-13(11)12;1-6-10-8-11(7-2)12(9-10)13(3,4)5;1-3-9-6-4-8(2)5-7-9;;;/h1-9H;9-10H,6-7H2,1-5H3;4-7H,1-2H3;2*1H;/q2*-1;;;;+2/p-2. The maximum atomic E-state index is 3.57. The van der Waals surface area contributed by atoms with E-state index in [0.717, 1.165) is 6.42 Å². The van der Waals surface area contributed by atoms with E-state index >= 15 is 0 Å². The summed E-state index contributed by atoms with van der Waals surface area (Å²) < 4.78 is 1.46. The van der Waals surface area contributed by atoms with E-state index in [-0.39, 0.29) is 24.8 Å². The maximum Gasteiger partial charge on any atom is -0.0771 e. The van der Waals surface area contributed by atoms with Crippen molar-refractivity contribution < 1.29 is 49.0 Å². The first-order chi connectivity index (χ1) is 17.1. The van der Waals surface area contributed by atoms with Crippen molar-refractivity contribution in [1.82, 2.24) is 0 Å². The van der Waals surface area contributed by atoms with Gasteiger partial charge in [-0.25, -0.2) is 5.57 Å². The Hall–Kier alpha value is -1.66. The van der Waals surface area contributed by atoms with Gasteiger partial charge in [0.1, 0.15) is 0 Å². The van der Waals surface area contributed by atoms with Crippen LogP contribution in [0.15, 0.2) is 96.1 Å². The van der Waals surface area contributed by atoms with Gasteiger partial charge in [-0.05, 0) is 0 Å². The molecule has 5 rings (SSSR count). The van der Waals surface area contributed by atoms with Gasteiger partial charge in [0, 0.05) is 0 Å². The van der Waals surface area contributed by atoms with Crippen LogP contribution in [0.25, 0.3) is 21.5 Å². The minimum atomic E-state index is 0. The van der Waals surface area contributed by atoms with Crippen molar-refractivity contribution in [2.75, 3.05) is 0 Å². The molecular weight excluding hydrogens is 583 g/mol. The fourth-order valence-electron chi connectivity index (χ4n) is 4.57. The second-order valence-electron chi connectivity index (χ2n) is 10.6. The van der Waals surface area contributed by atoms with E-state index < -0.39 is 0 Å². The van der Waals surface area contributed by atoms with Crippen LogP contribution >= 0.6 is 0 Å². The Kier molecular flexibility index (Phi) is 14.3. The second kappa shape index (κ2) is 15.8. The molecule has 4 aromatic carbocycles. The van der Waals surface area contributed by atoms with Gasteiger partial charge in [0.25, 0.3) is 0 Å². The molecule has 0 fully saturated rings. The molecule has 3 heteroatoms. The number of hydrogen-bond donors (Lipinski definition) is 0. The van der Waals surface area contributed by atoms with Crippen molar-refractivity contribution in [2.24, 2.45) is 11.3 Å². The fourth-order valence-corrected chi connectivity index (χ4v) is 4.98. The number of fused-ring (bicyclic) bond motifs is 3. The predicted octanol–water partition coefficient (Wildman–Crippen LogP) is 3.94. The summed E-state index contributed by atoms with van der Waals surface area (Å²) in [5, 5.41) is 5.39. The topological polar surface area (TPSA) is 0 Å². The molecule has 0 aliphatic heterocycles. The summed E-state index contributed by atoms with van der Waals surface area (Å²) in [6.07, 6.45) is 8.28. The molecule has 0 saturated carbocycles. The van der Waals surface area contributed by atoms with Crippen LogP contribution in [0, 0.1) is 24.3 Å². The molecule has 38 heavy (non-hydrogen) atoms. The molecule has 200 valence electrons. The summed E-state index contributed by atoms with van der Waals surface area (Å²) in [4.78, 5) is 0. The quantitative estimate of drug-likeness (QED) is 0.304. The predicted molar refractivity (Wildman–Crippen MR) is 156 cm³/mol. The van der Waals surface area contributed by atoms with Gasteiger partial charge >= 0.3 is 76.7 Å². The average molecular weight is 623 g/mol. The van der Waals surface area contributed by atoms with E-state index in [0.29, 0.717) is 11.3 Å². The van der Waals surface area contributed by atoms with E-state index in [4.69, 9.17) is 0 Å². The van der Waals surface area contributed by atoms with Crippen molar-refractivity contribution in [3.63, 3.8) is 0 Å². The summed E-state index contributed by atoms with van der Waals surface area (Å²) in [7, 11) is 0. The van der Waals surface area contributed by atoms with Crippen LogP contribution in [-0.2, 0) is 24.2 Å². The van der Waals surface area contributed by atoms with Crippen LogP contribution in [0.3, 0.4) is 0 Å². The first-order valence-corrected chi connectivity index (χ1v) is 14.4. The Bertz CT molecular complexity index is 1310. The molecule has 0 spiro atoms. The zero-order valence-electron chi connectivity index (χ0n) is 23.8. The van der Waals surface area contributed by atoms with Gasteiger partial charge in [0.05, 0.1) is 0 Å². The maximum absolute atomic E-state index is 3.57. The van der Waals surface area contributed by atoms with Gasteiger partial charge in [0.2, 0.25) is 0 Å². The largest absolute Gasteiger partial charge is 1.00 e. The first kappa shape index (κ1) is 34.4. The van der Waals surface area contributed by atoms with Crippen molar-refractivity contribution in [1.29, 1.82) is 0 Å². The van der Waals surface area contributed by atoms with E-state index in [9.17, 15) is 0 Å². The molecule has 1 atom stereocenters. The number of aryl methyl sites for hydroxylation is 1. The molecular formula is C35H40Cl2Zr-2. The Labute approximate surface area is 258 Å². The summed E-state index contributed by atoms with van der Waals surface area (Å²) in [5.74, 6) is 0.573. The summed E-state index contributed by atoms with van der Waals surface area (Å²) in [6, 6.07) is 27.9. The van der Waals surface area contributed by atoms with E-state index in [1.807, 2.05) is 0 Å². The first-order valence-electron chi connectivity index (χ1n) is 13.1. The average Bonchev–Trinajstić information content (AvgIpc) is 3.47. The van der Waals surface area contributed by atoms with Crippen LogP contribution in [0.2, 0.25) is 0 Å². The summed E-state index contributed by atoms with van der Waals surface area (Å²) >= 11 is 1.51. The molecule has 1 aliphatic rings. The Morgan fingerprint density at radius 1 is 0.842 bits per heavy atom. The number of rotatable bonds is 3. The molecule has 0 N–H and O–H groups in total. The van der Waals surface area contributed by atoms with Crippen LogP contribution < -0.4 is 24.8 Å². The third kappa shape index (κ3) is 9.22. The molecule has 0 amide bonds. The minimum absolute atomic E-state index is 0. The van der Waals surface area contributed by atoms with Crippen LogP contribution in [0.5, 0.6) is 0 Å². The Morgan fingerprint density at radius 2 is 1.34 bits per heavy atom. The van der Waals surface area contributed by atoms with Crippen LogP contribution in [0.4, 0.5) is 0 Å². The van der Waals surface area contributed by atoms with Crippen molar-refractivity contribution in [3.8, 4) is 0 Å². The molecule has 1 unspecified atom stereocenters. The normalized spacial score (nSPS) is 14.2. The number of halogens is 2. The SMILES string of the molecule is CCC1=[C-]C(CC)C=C1C(C)(C)C.C[C](=[Zr+2])c1ccc(C)cc1.[Cl-].[Cl-].c1ccc2c(c1)[cH-]c1ccccc12. The third-order valence-electron chi connectivity index (χ3n) is 6.66. The van der Waals surface area contributed by atoms with Crippen molar-refractivity contribution in [2.45, 2.75) is 61.3 Å². The summed E-state index contributed by atoms with van der Waals surface area (Å²) in [5.41, 5.74) is 5.97. The Morgan fingerprint density at radius 3 is 1.74 bits per heavy atom. The summed E-state index contributed by atoms with van der Waals surface area (Å²) in [6.45, 7) is 15.6. The third-order valence-corrected chi connectivity index (χ3v) is 7.37. The number of benzene rings is 3. The van der Waals surface area contributed by atoms with E-state index in [1.165, 1.54) is 77.7 Å². The number of hydrogen-bond acceptors (Lipinski definition) is 0. The number of allylic oxidation sites excluding steroid dienone is 4. The Balaban J connectivity index is 0.000000281. The molecule has 0 saturated heterocycles. The minimum Gasteiger partial charge on any atom is -1.00 e. The van der Waals surface area contributed by atoms with Gasteiger partial charge in [-0.2, -0.15) is 11.6 Å². The van der Waals surface area contributed by atoms with Gasteiger partial charge < -0.3 is 24.8 Å². The van der Waals surface area contributed by atoms with Crippen LogP contribution in [-0.4, -0.2) is 3.21 Å². The molecule has 0 aromatic heterocycles. The molecule has 0 heterocycles. The van der Waals surface area contributed by atoms with Gasteiger partial charge in [-0.1, -0.05) is 95.2 Å².